The van der Waals surface area contributed by atoms with E-state index in [9.17, 15) is 4.79 Å². The summed E-state index contributed by atoms with van der Waals surface area (Å²) < 4.78 is 1.78. The van der Waals surface area contributed by atoms with Crippen molar-refractivity contribution in [3.05, 3.63) is 47.8 Å². The molecule has 0 bridgehead atoms. The van der Waals surface area contributed by atoms with Gasteiger partial charge in [-0.2, -0.15) is 5.10 Å². The molecule has 0 saturated carbocycles. The molecule has 2 heterocycles. The molecule has 1 aromatic heterocycles. The largest absolute Gasteiger partial charge is 0.342 e. The molecule has 5 nitrogen and oxygen atoms in total. The normalized spacial score (nSPS) is 18.3. The van der Waals surface area contributed by atoms with Crippen molar-refractivity contribution in [2.45, 2.75) is 38.6 Å². The lowest BCUT2D eigenvalue weighted by Crippen LogP contribution is -2.39. The van der Waals surface area contributed by atoms with Gasteiger partial charge < -0.3 is 9.80 Å². The van der Waals surface area contributed by atoms with Gasteiger partial charge >= 0.3 is 0 Å². The SMILES string of the molecule is Cc1ccccc1-n1cc(C(=O)N(C)CCC2CCCCN2C)cn1. The smallest absolute Gasteiger partial charge is 0.256 e. The highest BCUT2D eigenvalue weighted by Gasteiger charge is 2.21. The number of hydrogen-bond donors (Lipinski definition) is 0. The van der Waals surface area contributed by atoms with Gasteiger partial charge in [0, 0.05) is 25.8 Å². The van der Waals surface area contributed by atoms with Gasteiger partial charge in [0.05, 0.1) is 17.4 Å². The van der Waals surface area contributed by atoms with E-state index in [0.717, 1.165) is 24.2 Å². The van der Waals surface area contributed by atoms with Gasteiger partial charge in [-0.25, -0.2) is 4.68 Å². The van der Waals surface area contributed by atoms with Crippen LogP contribution < -0.4 is 0 Å². The zero-order valence-electron chi connectivity index (χ0n) is 15.5. The second kappa shape index (κ2) is 7.83. The molecule has 134 valence electrons. The third kappa shape index (κ3) is 4.10. The molecule has 1 saturated heterocycles. The first kappa shape index (κ1) is 17.7. The first-order valence-corrected chi connectivity index (χ1v) is 9.12. The van der Waals surface area contributed by atoms with Gasteiger partial charge in [0.2, 0.25) is 0 Å². The third-order valence-electron chi connectivity index (χ3n) is 5.26. The lowest BCUT2D eigenvalue weighted by molar-refractivity contribution is 0.0770. The summed E-state index contributed by atoms with van der Waals surface area (Å²) in [6.45, 7) is 4.00. The molecule has 0 radical (unpaired) electrons. The predicted molar refractivity (Wildman–Crippen MR) is 100 cm³/mol. The van der Waals surface area contributed by atoms with Crippen molar-refractivity contribution in [3.63, 3.8) is 0 Å². The van der Waals surface area contributed by atoms with Crippen LogP contribution in [0.4, 0.5) is 0 Å². The van der Waals surface area contributed by atoms with Crippen molar-refractivity contribution < 1.29 is 4.79 Å². The molecule has 1 amide bonds. The van der Waals surface area contributed by atoms with Crippen LogP contribution in [0.2, 0.25) is 0 Å². The van der Waals surface area contributed by atoms with Crippen LogP contribution >= 0.6 is 0 Å². The van der Waals surface area contributed by atoms with Gasteiger partial charge in [-0.1, -0.05) is 24.6 Å². The Morgan fingerprint density at radius 2 is 2.12 bits per heavy atom. The summed E-state index contributed by atoms with van der Waals surface area (Å²) in [6.07, 6.45) is 8.36. The Kier molecular flexibility index (Phi) is 5.53. The van der Waals surface area contributed by atoms with Crippen molar-refractivity contribution in [2.75, 3.05) is 27.2 Å². The molecule has 1 fully saturated rings. The molecule has 0 N–H and O–H groups in total. The van der Waals surface area contributed by atoms with E-state index in [2.05, 4.69) is 17.0 Å². The number of carbonyl (C=O) groups excluding carboxylic acids is 1. The maximum Gasteiger partial charge on any atom is 0.256 e. The molecular formula is C20H28N4O. The Labute approximate surface area is 150 Å². The Hall–Kier alpha value is -2.14. The van der Waals surface area contributed by atoms with Crippen molar-refractivity contribution >= 4 is 5.91 Å². The zero-order chi connectivity index (χ0) is 17.8. The molecule has 25 heavy (non-hydrogen) atoms. The fourth-order valence-corrected chi connectivity index (χ4v) is 3.56. The van der Waals surface area contributed by atoms with Crippen LogP contribution in [0.1, 0.15) is 41.6 Å². The van der Waals surface area contributed by atoms with Crippen LogP contribution in [-0.2, 0) is 0 Å². The van der Waals surface area contributed by atoms with Crippen molar-refractivity contribution in [1.82, 2.24) is 19.6 Å². The first-order chi connectivity index (χ1) is 12.1. The number of amides is 1. The van der Waals surface area contributed by atoms with Crippen LogP contribution in [0.3, 0.4) is 0 Å². The molecule has 0 aliphatic carbocycles. The van der Waals surface area contributed by atoms with Crippen LogP contribution in [0, 0.1) is 6.92 Å². The molecule has 1 aliphatic heterocycles. The second-order valence-corrected chi connectivity index (χ2v) is 7.11. The van der Waals surface area contributed by atoms with Gasteiger partial charge in [0.1, 0.15) is 0 Å². The number of rotatable bonds is 5. The third-order valence-corrected chi connectivity index (χ3v) is 5.26. The highest BCUT2D eigenvalue weighted by atomic mass is 16.2. The number of nitrogens with zero attached hydrogens (tertiary/aromatic N) is 4. The van der Waals surface area contributed by atoms with E-state index in [0.29, 0.717) is 11.6 Å². The number of aryl methyl sites for hydroxylation is 1. The Morgan fingerprint density at radius 1 is 1.32 bits per heavy atom. The van der Waals surface area contributed by atoms with Gasteiger partial charge in [0.25, 0.3) is 5.91 Å². The second-order valence-electron chi connectivity index (χ2n) is 7.11. The van der Waals surface area contributed by atoms with E-state index in [1.807, 2.05) is 49.3 Å². The summed E-state index contributed by atoms with van der Waals surface area (Å²) in [5, 5.41) is 4.37. The Balaban J connectivity index is 1.62. The van der Waals surface area contributed by atoms with Crippen LogP contribution in [0.25, 0.3) is 5.69 Å². The molecule has 5 heteroatoms. The van der Waals surface area contributed by atoms with Gasteiger partial charge in [-0.15, -0.1) is 0 Å². The summed E-state index contributed by atoms with van der Waals surface area (Å²) in [7, 11) is 4.08. The maximum absolute atomic E-state index is 12.7. The molecule has 2 aromatic rings. The van der Waals surface area contributed by atoms with Gasteiger partial charge in [-0.05, 0) is 51.4 Å². The van der Waals surface area contributed by atoms with E-state index in [-0.39, 0.29) is 5.91 Å². The van der Waals surface area contributed by atoms with Crippen LogP contribution in [-0.4, -0.2) is 58.7 Å². The average molecular weight is 340 g/mol. The Morgan fingerprint density at radius 3 is 2.88 bits per heavy atom. The van der Waals surface area contributed by atoms with E-state index in [1.54, 1.807) is 10.9 Å². The minimum atomic E-state index is 0.0401. The predicted octanol–water partition coefficient (Wildman–Crippen LogP) is 3.13. The minimum Gasteiger partial charge on any atom is -0.342 e. The summed E-state index contributed by atoms with van der Waals surface area (Å²) >= 11 is 0. The molecule has 1 aliphatic rings. The number of hydrogen-bond acceptors (Lipinski definition) is 3. The van der Waals surface area contributed by atoms with Crippen molar-refractivity contribution in [3.8, 4) is 5.69 Å². The van der Waals surface area contributed by atoms with E-state index in [1.165, 1.54) is 25.8 Å². The number of carbonyl (C=O) groups is 1. The fourth-order valence-electron chi connectivity index (χ4n) is 3.56. The number of benzene rings is 1. The number of likely N-dealkylation sites (tertiary alicyclic amines) is 1. The summed E-state index contributed by atoms with van der Waals surface area (Å²) in [5.41, 5.74) is 2.79. The van der Waals surface area contributed by atoms with Gasteiger partial charge in [-0.3, -0.25) is 4.79 Å². The highest BCUT2D eigenvalue weighted by Crippen LogP contribution is 2.18. The van der Waals surface area contributed by atoms with E-state index >= 15 is 0 Å². The van der Waals surface area contributed by atoms with Crippen LogP contribution in [0.15, 0.2) is 36.7 Å². The number of aromatic nitrogens is 2. The average Bonchev–Trinajstić information content (AvgIpc) is 3.10. The monoisotopic (exact) mass is 340 g/mol. The minimum absolute atomic E-state index is 0.0401. The number of piperidine rings is 1. The molecule has 3 rings (SSSR count). The standard InChI is InChI=1S/C20H28N4O/c1-16-8-4-5-10-19(16)24-15-17(14-21-24)20(25)23(3)13-11-18-9-6-7-12-22(18)2/h4-5,8,10,14-15,18H,6-7,9,11-13H2,1-3H3. The lowest BCUT2D eigenvalue weighted by atomic mass is 10.00. The molecular weight excluding hydrogens is 312 g/mol. The zero-order valence-corrected chi connectivity index (χ0v) is 15.5. The lowest BCUT2D eigenvalue weighted by Gasteiger charge is -2.33. The van der Waals surface area contributed by atoms with Crippen molar-refractivity contribution in [1.29, 1.82) is 0 Å². The molecule has 1 aromatic carbocycles. The van der Waals surface area contributed by atoms with E-state index < -0.39 is 0 Å². The van der Waals surface area contributed by atoms with Crippen LogP contribution in [0.5, 0.6) is 0 Å². The van der Waals surface area contributed by atoms with Crippen molar-refractivity contribution in [2.24, 2.45) is 0 Å². The fraction of sp³-hybridized carbons (Fsp3) is 0.500. The topological polar surface area (TPSA) is 41.4 Å². The van der Waals surface area contributed by atoms with Gasteiger partial charge in [0.15, 0.2) is 0 Å². The number of para-hydroxylation sites is 1. The summed E-state index contributed by atoms with van der Waals surface area (Å²) in [5.74, 6) is 0.0401. The Bertz CT molecular complexity index is 724. The molecule has 1 atom stereocenters. The highest BCUT2D eigenvalue weighted by molar-refractivity contribution is 5.93. The quantitative estimate of drug-likeness (QED) is 0.840. The molecule has 0 spiro atoms. The maximum atomic E-state index is 12.7. The van der Waals surface area contributed by atoms with E-state index in [4.69, 9.17) is 0 Å². The summed E-state index contributed by atoms with van der Waals surface area (Å²) in [4.78, 5) is 16.9. The molecule has 1 unspecified atom stereocenters. The summed E-state index contributed by atoms with van der Waals surface area (Å²) in [6, 6.07) is 8.64. The first-order valence-electron chi connectivity index (χ1n) is 9.12.